The summed E-state index contributed by atoms with van der Waals surface area (Å²) in [6, 6.07) is 1.58. The Kier molecular flexibility index (Phi) is 4.65. The van der Waals surface area contributed by atoms with Crippen LogP contribution in [-0.2, 0) is 9.59 Å². The molecule has 1 rings (SSSR count). The number of halogens is 5. The molecule has 1 aromatic carbocycles. The first kappa shape index (κ1) is 15.6. The summed E-state index contributed by atoms with van der Waals surface area (Å²) >= 11 is 11.2. The van der Waals surface area contributed by atoms with Gasteiger partial charge in [-0.2, -0.15) is 13.2 Å². The second-order valence-electron chi connectivity index (χ2n) is 3.45. The number of nitrogens with one attached hydrogen (secondary N) is 1. The molecule has 0 radical (unpaired) electrons. The number of carbonyl (C=O) groups excluding carboxylic acids is 1. The standard InChI is InChI=1S/C10H6Cl2F3NO3/c11-5-1-4(2-6(12)3-5)7(8(17)18)16-9(19)10(13,14)15/h1-3,7H,(H,16,19)(H,17,18). The van der Waals surface area contributed by atoms with E-state index in [1.54, 1.807) is 0 Å². The normalized spacial score (nSPS) is 12.9. The lowest BCUT2D eigenvalue weighted by Crippen LogP contribution is -2.41. The molecule has 0 bridgehead atoms. The van der Waals surface area contributed by atoms with Crippen LogP contribution in [-0.4, -0.2) is 23.2 Å². The molecule has 0 aliphatic rings. The van der Waals surface area contributed by atoms with Gasteiger partial charge in [0, 0.05) is 10.0 Å². The molecule has 0 saturated carbocycles. The largest absolute Gasteiger partial charge is 0.479 e. The van der Waals surface area contributed by atoms with Crippen molar-refractivity contribution in [1.82, 2.24) is 5.32 Å². The zero-order valence-corrected chi connectivity index (χ0v) is 10.5. The lowest BCUT2D eigenvalue weighted by Gasteiger charge is -2.16. The monoisotopic (exact) mass is 315 g/mol. The molecular formula is C10H6Cl2F3NO3. The molecule has 0 heterocycles. The van der Waals surface area contributed by atoms with E-state index in [0.29, 0.717) is 0 Å². The average molecular weight is 316 g/mol. The average Bonchev–Trinajstić information content (AvgIpc) is 2.21. The van der Waals surface area contributed by atoms with E-state index in [0.717, 1.165) is 12.1 Å². The Labute approximate surface area is 115 Å². The minimum Gasteiger partial charge on any atom is -0.479 e. The van der Waals surface area contributed by atoms with Crippen LogP contribution in [0.5, 0.6) is 0 Å². The number of rotatable bonds is 3. The van der Waals surface area contributed by atoms with Gasteiger partial charge in [-0.3, -0.25) is 4.79 Å². The summed E-state index contributed by atoms with van der Waals surface area (Å²) in [7, 11) is 0. The Bertz CT molecular complexity index is 499. The van der Waals surface area contributed by atoms with Gasteiger partial charge in [-0.05, 0) is 23.8 Å². The molecule has 0 aliphatic heterocycles. The molecule has 0 spiro atoms. The van der Waals surface area contributed by atoms with E-state index in [9.17, 15) is 22.8 Å². The molecule has 1 atom stereocenters. The quantitative estimate of drug-likeness (QED) is 0.901. The summed E-state index contributed by atoms with van der Waals surface area (Å²) in [6.07, 6.45) is -5.18. The van der Waals surface area contributed by atoms with Crippen LogP contribution < -0.4 is 5.32 Å². The van der Waals surface area contributed by atoms with E-state index in [4.69, 9.17) is 28.3 Å². The summed E-state index contributed by atoms with van der Waals surface area (Å²) in [5.74, 6) is -4.04. The van der Waals surface area contributed by atoms with Gasteiger partial charge in [0.1, 0.15) is 0 Å². The van der Waals surface area contributed by atoms with Crippen molar-refractivity contribution in [3.8, 4) is 0 Å². The fraction of sp³-hybridized carbons (Fsp3) is 0.200. The number of benzene rings is 1. The molecule has 9 heteroatoms. The van der Waals surface area contributed by atoms with Crippen LogP contribution in [0.3, 0.4) is 0 Å². The summed E-state index contributed by atoms with van der Waals surface area (Å²) in [5.41, 5.74) is -0.164. The molecule has 4 nitrogen and oxygen atoms in total. The van der Waals surface area contributed by atoms with E-state index >= 15 is 0 Å². The minimum atomic E-state index is -5.18. The predicted molar refractivity (Wildman–Crippen MR) is 61.0 cm³/mol. The van der Waals surface area contributed by atoms with Crippen molar-refractivity contribution in [2.75, 3.05) is 0 Å². The third-order valence-electron chi connectivity index (χ3n) is 2.00. The fourth-order valence-corrected chi connectivity index (χ4v) is 1.79. The molecule has 2 N–H and O–H groups in total. The van der Waals surface area contributed by atoms with E-state index in [1.165, 1.54) is 11.4 Å². The third kappa shape index (κ3) is 4.29. The molecule has 0 aromatic heterocycles. The van der Waals surface area contributed by atoms with Crippen molar-refractivity contribution < 1.29 is 27.9 Å². The number of aliphatic carboxylic acids is 1. The number of hydrogen-bond acceptors (Lipinski definition) is 2. The Morgan fingerprint density at radius 1 is 1.16 bits per heavy atom. The third-order valence-corrected chi connectivity index (χ3v) is 2.43. The van der Waals surface area contributed by atoms with Gasteiger partial charge < -0.3 is 10.4 Å². The highest BCUT2D eigenvalue weighted by Crippen LogP contribution is 2.25. The maximum atomic E-state index is 12.1. The summed E-state index contributed by atoms with van der Waals surface area (Å²) in [5, 5.41) is 10.3. The number of hydrogen-bond donors (Lipinski definition) is 2. The molecule has 0 saturated heterocycles. The predicted octanol–water partition coefficient (Wildman–Crippen LogP) is 2.80. The van der Waals surface area contributed by atoms with Gasteiger partial charge in [-0.1, -0.05) is 23.2 Å². The summed E-state index contributed by atoms with van der Waals surface area (Å²) in [4.78, 5) is 21.7. The highest BCUT2D eigenvalue weighted by molar-refractivity contribution is 6.34. The first-order chi connectivity index (χ1) is 8.61. The Hall–Kier alpha value is -1.47. The second kappa shape index (κ2) is 5.66. The van der Waals surface area contributed by atoms with Crippen molar-refractivity contribution in [2.45, 2.75) is 12.2 Å². The molecule has 1 aromatic rings. The highest BCUT2D eigenvalue weighted by Gasteiger charge is 2.41. The van der Waals surface area contributed by atoms with Crippen LogP contribution in [0, 0.1) is 0 Å². The Morgan fingerprint density at radius 2 is 1.63 bits per heavy atom. The van der Waals surface area contributed by atoms with Gasteiger partial charge in [-0.15, -0.1) is 0 Å². The van der Waals surface area contributed by atoms with Crippen molar-refractivity contribution in [3.63, 3.8) is 0 Å². The maximum absolute atomic E-state index is 12.1. The van der Waals surface area contributed by atoms with Gasteiger partial charge in [0.15, 0.2) is 6.04 Å². The van der Waals surface area contributed by atoms with Crippen molar-refractivity contribution in [2.24, 2.45) is 0 Å². The topological polar surface area (TPSA) is 66.4 Å². The lowest BCUT2D eigenvalue weighted by atomic mass is 10.1. The van der Waals surface area contributed by atoms with Gasteiger partial charge in [-0.25, -0.2) is 4.79 Å². The van der Waals surface area contributed by atoms with Crippen LogP contribution in [0.4, 0.5) is 13.2 Å². The lowest BCUT2D eigenvalue weighted by molar-refractivity contribution is -0.175. The van der Waals surface area contributed by atoms with E-state index in [1.807, 2.05) is 0 Å². The van der Waals surface area contributed by atoms with E-state index < -0.39 is 24.1 Å². The minimum absolute atomic E-state index is 0.0370. The van der Waals surface area contributed by atoms with Gasteiger partial charge >= 0.3 is 18.1 Å². The highest BCUT2D eigenvalue weighted by atomic mass is 35.5. The van der Waals surface area contributed by atoms with Gasteiger partial charge in [0.25, 0.3) is 0 Å². The fourth-order valence-electron chi connectivity index (χ4n) is 1.24. The smallest absolute Gasteiger partial charge is 0.471 e. The van der Waals surface area contributed by atoms with Crippen LogP contribution in [0.15, 0.2) is 18.2 Å². The zero-order chi connectivity index (χ0) is 14.8. The van der Waals surface area contributed by atoms with Crippen LogP contribution in [0.2, 0.25) is 10.0 Å². The molecule has 0 fully saturated rings. The van der Waals surface area contributed by atoms with E-state index in [2.05, 4.69) is 0 Å². The SMILES string of the molecule is O=C(O)C(NC(=O)C(F)(F)F)c1cc(Cl)cc(Cl)c1. The Balaban J connectivity index is 3.08. The maximum Gasteiger partial charge on any atom is 0.471 e. The second-order valence-corrected chi connectivity index (χ2v) is 4.32. The van der Waals surface area contributed by atoms with Gasteiger partial charge in [0.05, 0.1) is 0 Å². The van der Waals surface area contributed by atoms with Gasteiger partial charge in [0.2, 0.25) is 0 Å². The van der Waals surface area contributed by atoms with Crippen molar-refractivity contribution >= 4 is 35.1 Å². The number of alkyl halides is 3. The molecule has 1 amide bonds. The number of amides is 1. The number of carbonyl (C=O) groups is 2. The number of carboxylic acid groups (broad SMARTS) is 1. The first-order valence-corrected chi connectivity index (χ1v) is 5.43. The summed E-state index contributed by atoms with van der Waals surface area (Å²) < 4.78 is 36.3. The Morgan fingerprint density at radius 3 is 2.00 bits per heavy atom. The zero-order valence-electron chi connectivity index (χ0n) is 8.96. The molecule has 0 aliphatic carbocycles. The molecule has 19 heavy (non-hydrogen) atoms. The van der Waals surface area contributed by atoms with Crippen molar-refractivity contribution in [1.29, 1.82) is 0 Å². The van der Waals surface area contributed by atoms with E-state index in [-0.39, 0.29) is 15.6 Å². The van der Waals surface area contributed by atoms with Crippen LogP contribution in [0.25, 0.3) is 0 Å². The molecule has 104 valence electrons. The molecular weight excluding hydrogens is 310 g/mol. The molecule has 1 unspecified atom stereocenters. The summed E-state index contributed by atoms with van der Waals surface area (Å²) in [6.45, 7) is 0. The van der Waals surface area contributed by atoms with Crippen LogP contribution >= 0.6 is 23.2 Å². The van der Waals surface area contributed by atoms with Crippen LogP contribution in [0.1, 0.15) is 11.6 Å². The number of carboxylic acids is 1. The van der Waals surface area contributed by atoms with Crippen molar-refractivity contribution in [3.05, 3.63) is 33.8 Å². The first-order valence-electron chi connectivity index (χ1n) is 4.67.